The molecule has 0 radical (unpaired) electrons. The molecule has 3 nitrogen and oxygen atoms in total. The molecule has 13 heavy (non-hydrogen) atoms. The minimum atomic E-state index is 0.422. The average Bonchev–Trinajstić information content (AvgIpc) is 2.46. The minimum Gasteiger partial charge on any atom is -0.343 e. The summed E-state index contributed by atoms with van der Waals surface area (Å²) in [5, 5.41) is 0.966. The van der Waals surface area contributed by atoms with Crippen LogP contribution in [0.5, 0.6) is 0 Å². The quantitative estimate of drug-likeness (QED) is 0.728. The van der Waals surface area contributed by atoms with E-state index in [9.17, 15) is 0 Å². The van der Waals surface area contributed by atoms with Crippen LogP contribution in [0, 0.1) is 6.92 Å². The van der Waals surface area contributed by atoms with E-state index < -0.39 is 0 Å². The van der Waals surface area contributed by atoms with Gasteiger partial charge in [-0.2, -0.15) is 4.37 Å². The smallest absolute Gasteiger partial charge is 0.205 e. The van der Waals surface area contributed by atoms with Gasteiger partial charge in [-0.05, 0) is 20.8 Å². The van der Waals surface area contributed by atoms with Crippen LogP contribution in [0.25, 0.3) is 0 Å². The van der Waals surface area contributed by atoms with Crippen molar-refractivity contribution in [1.82, 2.24) is 9.36 Å². The third kappa shape index (κ3) is 2.81. The highest BCUT2D eigenvalue weighted by molar-refractivity contribution is 7.09. The Morgan fingerprint density at radius 1 is 1.54 bits per heavy atom. The topological polar surface area (TPSA) is 29.0 Å². The minimum absolute atomic E-state index is 0.422. The van der Waals surface area contributed by atoms with E-state index in [0.717, 1.165) is 17.5 Å². The second-order valence-corrected chi connectivity index (χ2v) is 4.21. The maximum atomic E-state index is 5.71. The van der Waals surface area contributed by atoms with E-state index in [1.807, 2.05) is 6.92 Å². The first kappa shape index (κ1) is 10.7. The van der Waals surface area contributed by atoms with Crippen molar-refractivity contribution < 1.29 is 0 Å². The summed E-state index contributed by atoms with van der Waals surface area (Å²) in [5.74, 6) is 1.46. The molecule has 0 fully saturated rings. The molecular formula is C8H14ClN3S. The van der Waals surface area contributed by atoms with Crippen LogP contribution in [0.15, 0.2) is 0 Å². The van der Waals surface area contributed by atoms with Gasteiger partial charge in [-0.3, -0.25) is 0 Å². The number of rotatable bonds is 4. The summed E-state index contributed by atoms with van der Waals surface area (Å²) in [6, 6.07) is 0.422. The van der Waals surface area contributed by atoms with Crippen molar-refractivity contribution in [2.75, 3.05) is 17.3 Å². The largest absolute Gasteiger partial charge is 0.343 e. The van der Waals surface area contributed by atoms with E-state index in [-0.39, 0.29) is 0 Å². The van der Waals surface area contributed by atoms with E-state index in [0.29, 0.717) is 11.9 Å². The molecule has 1 aromatic heterocycles. The first-order chi connectivity index (χ1) is 6.15. The number of anilines is 1. The van der Waals surface area contributed by atoms with Gasteiger partial charge in [-0.1, -0.05) is 0 Å². The molecule has 0 amide bonds. The SMILES string of the molecule is Cc1nsc(N(CCCl)C(C)C)n1. The molecule has 1 rings (SSSR count). The van der Waals surface area contributed by atoms with Crippen LogP contribution in [0.1, 0.15) is 19.7 Å². The van der Waals surface area contributed by atoms with E-state index in [1.165, 1.54) is 11.5 Å². The highest BCUT2D eigenvalue weighted by Crippen LogP contribution is 2.19. The van der Waals surface area contributed by atoms with Gasteiger partial charge >= 0.3 is 0 Å². The zero-order chi connectivity index (χ0) is 9.84. The predicted octanol–water partition coefficient (Wildman–Crippen LogP) is 2.30. The van der Waals surface area contributed by atoms with Crippen molar-refractivity contribution in [3.05, 3.63) is 5.82 Å². The maximum absolute atomic E-state index is 5.71. The summed E-state index contributed by atoms with van der Waals surface area (Å²) in [6.07, 6.45) is 0. The lowest BCUT2D eigenvalue weighted by Crippen LogP contribution is -2.32. The van der Waals surface area contributed by atoms with Crippen LogP contribution in [-0.2, 0) is 0 Å². The second-order valence-electron chi connectivity index (χ2n) is 3.10. The van der Waals surface area contributed by atoms with Crippen molar-refractivity contribution >= 4 is 28.3 Å². The molecule has 74 valence electrons. The predicted molar refractivity (Wildman–Crippen MR) is 57.8 cm³/mol. The Morgan fingerprint density at radius 3 is 2.62 bits per heavy atom. The summed E-state index contributed by atoms with van der Waals surface area (Å²) in [5.41, 5.74) is 0. The molecule has 1 aromatic rings. The van der Waals surface area contributed by atoms with Crippen molar-refractivity contribution in [3.8, 4) is 0 Å². The van der Waals surface area contributed by atoms with Crippen molar-refractivity contribution in [3.63, 3.8) is 0 Å². The zero-order valence-electron chi connectivity index (χ0n) is 8.12. The number of hydrogen-bond acceptors (Lipinski definition) is 4. The Bertz CT molecular complexity index is 262. The molecule has 0 aliphatic rings. The number of halogens is 1. The number of aromatic nitrogens is 2. The standard InChI is InChI=1S/C8H14ClN3S/c1-6(2)12(5-4-9)8-10-7(3)11-13-8/h6H,4-5H2,1-3H3. The molecule has 0 aliphatic heterocycles. The number of aryl methyl sites for hydroxylation is 1. The third-order valence-corrected chi connectivity index (χ3v) is 2.72. The van der Waals surface area contributed by atoms with Gasteiger partial charge in [-0.25, -0.2) is 4.98 Å². The van der Waals surface area contributed by atoms with Gasteiger partial charge < -0.3 is 4.90 Å². The molecule has 0 aromatic carbocycles. The van der Waals surface area contributed by atoms with Crippen LogP contribution in [0.4, 0.5) is 5.13 Å². The molecule has 0 saturated carbocycles. The second kappa shape index (κ2) is 4.77. The molecule has 0 bridgehead atoms. The monoisotopic (exact) mass is 219 g/mol. The van der Waals surface area contributed by atoms with Gasteiger partial charge in [0, 0.05) is 30.0 Å². The fourth-order valence-electron chi connectivity index (χ4n) is 1.07. The summed E-state index contributed by atoms with van der Waals surface area (Å²) >= 11 is 7.14. The first-order valence-electron chi connectivity index (χ1n) is 4.28. The van der Waals surface area contributed by atoms with E-state index in [2.05, 4.69) is 28.1 Å². The van der Waals surface area contributed by atoms with Gasteiger partial charge in [0.2, 0.25) is 5.13 Å². The highest BCUT2D eigenvalue weighted by Gasteiger charge is 2.13. The zero-order valence-corrected chi connectivity index (χ0v) is 9.69. The van der Waals surface area contributed by atoms with Gasteiger partial charge in [-0.15, -0.1) is 11.6 Å². The Kier molecular flexibility index (Phi) is 3.93. The van der Waals surface area contributed by atoms with Gasteiger partial charge in [0.15, 0.2) is 0 Å². The van der Waals surface area contributed by atoms with Crippen LogP contribution in [0.3, 0.4) is 0 Å². The molecule has 5 heteroatoms. The molecule has 0 aliphatic carbocycles. The van der Waals surface area contributed by atoms with Gasteiger partial charge in [0.05, 0.1) is 0 Å². The Balaban J connectivity index is 2.75. The Hall–Kier alpha value is -0.350. The van der Waals surface area contributed by atoms with Crippen LogP contribution < -0.4 is 4.90 Å². The summed E-state index contributed by atoms with van der Waals surface area (Å²) in [7, 11) is 0. The molecule has 0 spiro atoms. The lowest BCUT2D eigenvalue weighted by Gasteiger charge is -2.24. The molecule has 0 saturated heterocycles. The summed E-state index contributed by atoms with van der Waals surface area (Å²) in [6.45, 7) is 6.99. The number of nitrogens with zero attached hydrogens (tertiary/aromatic N) is 3. The fourth-order valence-corrected chi connectivity index (χ4v) is 2.09. The van der Waals surface area contributed by atoms with Crippen LogP contribution in [-0.4, -0.2) is 27.8 Å². The first-order valence-corrected chi connectivity index (χ1v) is 5.59. The van der Waals surface area contributed by atoms with Gasteiger partial charge in [0.25, 0.3) is 0 Å². The van der Waals surface area contributed by atoms with Gasteiger partial charge in [0.1, 0.15) is 5.82 Å². The third-order valence-electron chi connectivity index (χ3n) is 1.71. The molecule has 0 unspecified atom stereocenters. The van der Waals surface area contributed by atoms with E-state index in [4.69, 9.17) is 11.6 Å². The number of hydrogen-bond donors (Lipinski definition) is 0. The van der Waals surface area contributed by atoms with E-state index >= 15 is 0 Å². The van der Waals surface area contributed by atoms with Crippen LogP contribution >= 0.6 is 23.1 Å². The van der Waals surface area contributed by atoms with Crippen LogP contribution in [0.2, 0.25) is 0 Å². The molecule has 0 atom stereocenters. The summed E-state index contributed by atoms with van der Waals surface area (Å²) < 4.78 is 4.15. The summed E-state index contributed by atoms with van der Waals surface area (Å²) in [4.78, 5) is 6.49. The van der Waals surface area contributed by atoms with Crippen molar-refractivity contribution in [2.24, 2.45) is 0 Å². The molecule has 1 heterocycles. The molecular weight excluding hydrogens is 206 g/mol. The maximum Gasteiger partial charge on any atom is 0.205 e. The molecule has 0 N–H and O–H groups in total. The fraction of sp³-hybridized carbons (Fsp3) is 0.750. The Labute approximate surface area is 87.9 Å². The lowest BCUT2D eigenvalue weighted by atomic mass is 10.3. The lowest BCUT2D eigenvalue weighted by molar-refractivity contribution is 0.702. The average molecular weight is 220 g/mol. The normalized spacial score (nSPS) is 10.8. The number of alkyl halides is 1. The van der Waals surface area contributed by atoms with Crippen molar-refractivity contribution in [2.45, 2.75) is 26.8 Å². The highest BCUT2D eigenvalue weighted by atomic mass is 35.5. The van der Waals surface area contributed by atoms with Crippen molar-refractivity contribution in [1.29, 1.82) is 0 Å². The van der Waals surface area contributed by atoms with E-state index in [1.54, 1.807) is 0 Å². The Morgan fingerprint density at radius 2 is 2.23 bits per heavy atom.